The number of hydrogen-bond acceptors (Lipinski definition) is 2. The molecule has 0 bridgehead atoms. The summed E-state index contributed by atoms with van der Waals surface area (Å²) < 4.78 is 16.2. The summed E-state index contributed by atoms with van der Waals surface area (Å²) >= 11 is 0. The zero-order chi connectivity index (χ0) is 15.8. The first-order valence-corrected chi connectivity index (χ1v) is 7.39. The Morgan fingerprint density at radius 1 is 1.29 bits per heavy atom. The number of anilines is 1. The van der Waals surface area contributed by atoms with E-state index in [2.05, 4.69) is 32.7 Å². The van der Waals surface area contributed by atoms with E-state index in [-0.39, 0.29) is 11.4 Å². The van der Waals surface area contributed by atoms with Gasteiger partial charge in [0.05, 0.1) is 0 Å². The van der Waals surface area contributed by atoms with Crippen LogP contribution in [0.2, 0.25) is 0 Å². The summed E-state index contributed by atoms with van der Waals surface area (Å²) in [7, 11) is 0. The molecule has 0 atom stereocenters. The van der Waals surface area contributed by atoms with Crippen LogP contribution in [-0.4, -0.2) is 9.55 Å². The second-order valence-electron chi connectivity index (χ2n) is 6.50. The molecule has 0 aliphatic carbocycles. The molecule has 0 amide bonds. The van der Waals surface area contributed by atoms with Gasteiger partial charge in [0.15, 0.2) is 0 Å². The molecule has 1 aromatic carbocycles. The Bertz CT molecular complexity index is 651. The molecule has 0 saturated carbocycles. The fourth-order valence-corrected chi connectivity index (χ4v) is 2.64. The van der Waals surface area contributed by atoms with E-state index in [9.17, 15) is 4.39 Å². The zero-order valence-corrected chi connectivity index (χ0v) is 13.5. The van der Waals surface area contributed by atoms with Crippen LogP contribution in [0.5, 0.6) is 0 Å². The quantitative estimate of drug-likeness (QED) is 0.916. The third kappa shape index (κ3) is 2.94. The number of nitrogens with zero attached hydrogens (tertiary/aromatic N) is 2. The molecule has 3 nitrogen and oxygen atoms in total. The van der Waals surface area contributed by atoms with Crippen LogP contribution in [-0.2, 0) is 12.0 Å². The molecule has 1 heterocycles. The molecular formula is C17H24FN3. The zero-order valence-electron chi connectivity index (χ0n) is 13.5. The van der Waals surface area contributed by atoms with E-state index in [0.29, 0.717) is 17.1 Å². The van der Waals surface area contributed by atoms with Gasteiger partial charge in [0.2, 0.25) is 0 Å². The van der Waals surface area contributed by atoms with Crippen molar-refractivity contribution in [1.29, 1.82) is 0 Å². The molecule has 114 valence electrons. The molecule has 2 N–H and O–H groups in total. The Labute approximate surface area is 126 Å². The first-order valence-electron chi connectivity index (χ1n) is 7.39. The van der Waals surface area contributed by atoms with E-state index in [1.807, 2.05) is 11.5 Å². The summed E-state index contributed by atoms with van der Waals surface area (Å²) in [4.78, 5) is 4.64. The van der Waals surface area contributed by atoms with Crippen molar-refractivity contribution < 1.29 is 4.39 Å². The van der Waals surface area contributed by atoms with E-state index < -0.39 is 0 Å². The van der Waals surface area contributed by atoms with Gasteiger partial charge in [-0.3, -0.25) is 0 Å². The van der Waals surface area contributed by atoms with Gasteiger partial charge in [-0.05, 0) is 46.2 Å². The van der Waals surface area contributed by atoms with E-state index in [1.54, 1.807) is 12.1 Å². The Kier molecular flexibility index (Phi) is 4.08. The lowest BCUT2D eigenvalue weighted by molar-refractivity contribution is 0.387. The number of aryl methyl sites for hydroxylation is 2. The highest BCUT2D eigenvalue weighted by Gasteiger charge is 2.25. The number of halogens is 1. The summed E-state index contributed by atoms with van der Waals surface area (Å²) in [5, 5.41) is 0. The lowest BCUT2D eigenvalue weighted by Gasteiger charge is -2.25. The van der Waals surface area contributed by atoms with E-state index in [0.717, 1.165) is 24.2 Å². The van der Waals surface area contributed by atoms with Crippen LogP contribution in [0.3, 0.4) is 0 Å². The van der Waals surface area contributed by atoms with Crippen LogP contribution in [0.1, 0.15) is 45.5 Å². The molecule has 1 aromatic heterocycles. The fourth-order valence-electron chi connectivity index (χ4n) is 2.64. The molecule has 0 saturated heterocycles. The van der Waals surface area contributed by atoms with Crippen LogP contribution in [0.15, 0.2) is 18.2 Å². The van der Waals surface area contributed by atoms with Crippen molar-refractivity contribution in [1.82, 2.24) is 9.55 Å². The molecule has 2 aromatic rings. The average molecular weight is 289 g/mol. The number of hydrogen-bond donors (Lipinski definition) is 1. The number of imidazole rings is 1. The van der Waals surface area contributed by atoms with Crippen molar-refractivity contribution in [2.24, 2.45) is 0 Å². The standard InChI is InChI=1S/C17H24FN3/c1-6-7-14-20-15(16(19)21(14)17(3,4)5)12-10-11(2)8-9-13(12)18/h8-10H,6-7,19H2,1-5H3. The highest BCUT2D eigenvalue weighted by Crippen LogP contribution is 2.33. The smallest absolute Gasteiger partial charge is 0.132 e. The van der Waals surface area contributed by atoms with Crippen molar-refractivity contribution in [3.63, 3.8) is 0 Å². The van der Waals surface area contributed by atoms with Crippen LogP contribution in [0.25, 0.3) is 11.3 Å². The van der Waals surface area contributed by atoms with Gasteiger partial charge in [0.1, 0.15) is 23.2 Å². The molecule has 21 heavy (non-hydrogen) atoms. The Hall–Kier alpha value is -1.84. The van der Waals surface area contributed by atoms with E-state index in [1.165, 1.54) is 6.07 Å². The highest BCUT2D eigenvalue weighted by molar-refractivity contribution is 5.72. The molecule has 4 heteroatoms. The van der Waals surface area contributed by atoms with E-state index in [4.69, 9.17) is 5.73 Å². The normalized spacial score (nSPS) is 11.9. The Morgan fingerprint density at radius 2 is 1.95 bits per heavy atom. The van der Waals surface area contributed by atoms with Gasteiger partial charge >= 0.3 is 0 Å². The Balaban J connectivity index is 2.68. The largest absolute Gasteiger partial charge is 0.383 e. The summed E-state index contributed by atoms with van der Waals surface area (Å²) in [6.07, 6.45) is 1.80. The Morgan fingerprint density at radius 3 is 2.52 bits per heavy atom. The van der Waals surface area contributed by atoms with Crippen molar-refractivity contribution in [3.05, 3.63) is 35.4 Å². The molecule has 0 aliphatic heterocycles. The van der Waals surface area contributed by atoms with E-state index >= 15 is 0 Å². The summed E-state index contributed by atoms with van der Waals surface area (Å²) in [6, 6.07) is 5.03. The van der Waals surface area contributed by atoms with Gasteiger partial charge in [-0.2, -0.15) is 0 Å². The number of nitrogen functional groups attached to an aromatic ring is 1. The van der Waals surface area contributed by atoms with Crippen molar-refractivity contribution in [2.75, 3.05) is 5.73 Å². The number of rotatable bonds is 3. The van der Waals surface area contributed by atoms with Crippen molar-refractivity contribution in [2.45, 2.75) is 53.0 Å². The van der Waals surface area contributed by atoms with Crippen LogP contribution in [0.4, 0.5) is 10.2 Å². The minimum Gasteiger partial charge on any atom is -0.383 e. The minimum absolute atomic E-state index is 0.180. The van der Waals surface area contributed by atoms with Gasteiger partial charge in [-0.25, -0.2) is 9.37 Å². The fraction of sp³-hybridized carbons (Fsp3) is 0.471. The second kappa shape index (κ2) is 5.51. The maximum atomic E-state index is 14.2. The first-order chi connectivity index (χ1) is 9.75. The van der Waals surface area contributed by atoms with Gasteiger partial charge in [-0.15, -0.1) is 0 Å². The monoisotopic (exact) mass is 289 g/mol. The summed E-state index contributed by atoms with van der Waals surface area (Å²) in [6.45, 7) is 10.3. The van der Waals surface area contributed by atoms with Crippen molar-refractivity contribution in [3.8, 4) is 11.3 Å². The van der Waals surface area contributed by atoms with Crippen LogP contribution in [0, 0.1) is 12.7 Å². The van der Waals surface area contributed by atoms with Gasteiger partial charge in [0, 0.05) is 17.5 Å². The molecule has 0 fully saturated rings. The molecular weight excluding hydrogens is 265 g/mol. The van der Waals surface area contributed by atoms with Crippen LogP contribution >= 0.6 is 0 Å². The summed E-state index contributed by atoms with van der Waals surface area (Å²) in [5.74, 6) is 1.17. The van der Waals surface area contributed by atoms with Gasteiger partial charge in [0.25, 0.3) is 0 Å². The lowest BCUT2D eigenvalue weighted by atomic mass is 10.1. The first kappa shape index (κ1) is 15.5. The topological polar surface area (TPSA) is 43.8 Å². The SMILES string of the molecule is CCCc1nc(-c2cc(C)ccc2F)c(N)n1C(C)(C)C. The maximum Gasteiger partial charge on any atom is 0.132 e. The average Bonchev–Trinajstić information content (AvgIpc) is 2.69. The van der Waals surface area contributed by atoms with Crippen LogP contribution < -0.4 is 5.73 Å². The third-order valence-corrected chi connectivity index (χ3v) is 3.50. The highest BCUT2D eigenvalue weighted by atomic mass is 19.1. The molecule has 0 aliphatic rings. The number of benzene rings is 1. The van der Waals surface area contributed by atoms with Gasteiger partial charge in [-0.1, -0.05) is 18.6 Å². The predicted octanol–water partition coefficient (Wildman–Crippen LogP) is 4.29. The molecule has 0 unspecified atom stereocenters. The number of aromatic nitrogens is 2. The second-order valence-corrected chi connectivity index (χ2v) is 6.50. The molecule has 2 rings (SSSR count). The summed E-state index contributed by atoms with van der Waals surface area (Å²) in [5.41, 5.74) is 8.15. The minimum atomic E-state index is -0.283. The lowest BCUT2D eigenvalue weighted by Crippen LogP contribution is -2.25. The predicted molar refractivity (Wildman–Crippen MR) is 85.8 cm³/mol. The maximum absolute atomic E-state index is 14.2. The number of nitrogens with two attached hydrogens (primary N) is 1. The van der Waals surface area contributed by atoms with Crippen molar-refractivity contribution >= 4 is 5.82 Å². The molecule has 0 radical (unpaired) electrons. The van der Waals surface area contributed by atoms with Gasteiger partial charge < -0.3 is 10.3 Å². The third-order valence-electron chi connectivity index (χ3n) is 3.50. The molecule has 0 spiro atoms.